The van der Waals surface area contributed by atoms with Crippen LogP contribution in [-0.2, 0) is 10.0 Å². The quantitative estimate of drug-likeness (QED) is 0.661. The van der Waals surface area contributed by atoms with Crippen molar-refractivity contribution < 1.29 is 13.3 Å². The van der Waals surface area contributed by atoms with Gasteiger partial charge in [-0.25, -0.2) is 13.1 Å². The summed E-state index contributed by atoms with van der Waals surface area (Å²) in [4.78, 5) is 12.2. The predicted octanol–water partition coefficient (Wildman–Crippen LogP) is 1.62. The number of halogens is 1. The summed E-state index contributed by atoms with van der Waals surface area (Å²) in [5, 5.41) is 10.8. The van der Waals surface area contributed by atoms with Gasteiger partial charge in [-0.05, 0) is 37.9 Å². The third kappa shape index (κ3) is 2.96. The van der Waals surface area contributed by atoms with Crippen LogP contribution in [0, 0.1) is 16.0 Å². The first-order valence-corrected chi connectivity index (χ1v) is 8.91. The molecule has 3 saturated heterocycles. The van der Waals surface area contributed by atoms with Gasteiger partial charge in [0.25, 0.3) is 5.69 Å². The van der Waals surface area contributed by atoms with Crippen LogP contribution in [0.5, 0.6) is 0 Å². The number of fused-ring (bicyclic) bond motifs is 3. The molecule has 1 aromatic carbocycles. The Kier molecular flexibility index (Phi) is 4.11. The Morgan fingerprint density at radius 3 is 2.55 bits per heavy atom. The maximum Gasteiger partial charge on any atom is 0.270 e. The fourth-order valence-corrected chi connectivity index (χ4v) is 4.99. The molecule has 0 unspecified atom stereocenters. The highest BCUT2D eigenvalue weighted by Gasteiger charge is 2.37. The van der Waals surface area contributed by atoms with E-state index in [0.717, 1.165) is 32.0 Å². The monoisotopic (exact) mass is 345 g/mol. The van der Waals surface area contributed by atoms with E-state index in [9.17, 15) is 18.5 Å². The summed E-state index contributed by atoms with van der Waals surface area (Å²) < 4.78 is 27.7. The van der Waals surface area contributed by atoms with E-state index in [2.05, 4.69) is 9.62 Å². The fraction of sp³-hybridized carbons (Fsp3) is 0.538. The van der Waals surface area contributed by atoms with Crippen LogP contribution >= 0.6 is 11.6 Å². The summed E-state index contributed by atoms with van der Waals surface area (Å²) in [7, 11) is -3.88. The Labute approximate surface area is 133 Å². The predicted molar refractivity (Wildman–Crippen MR) is 81.4 cm³/mol. The van der Waals surface area contributed by atoms with Gasteiger partial charge in [0.05, 0.1) is 9.95 Å². The van der Waals surface area contributed by atoms with E-state index in [1.165, 1.54) is 12.1 Å². The van der Waals surface area contributed by atoms with Gasteiger partial charge in [0.15, 0.2) is 0 Å². The molecule has 4 rings (SSSR count). The smallest absolute Gasteiger partial charge is 0.270 e. The lowest BCUT2D eigenvalue weighted by molar-refractivity contribution is -0.385. The van der Waals surface area contributed by atoms with Crippen molar-refractivity contribution >= 4 is 27.3 Å². The van der Waals surface area contributed by atoms with Crippen molar-refractivity contribution in [2.45, 2.75) is 23.8 Å². The standard InChI is InChI=1S/C13H16ClN3O4S/c14-11-2-1-10(17(18)19)7-13(11)22(20,21)15-12-8-16-5-3-9(12)4-6-16/h1-2,7,9,12,15H,3-6,8H2/t12-/m0/s1. The van der Waals surface area contributed by atoms with Crippen LogP contribution in [-0.4, -0.2) is 43.9 Å². The minimum atomic E-state index is -3.88. The fourth-order valence-electron chi connectivity index (χ4n) is 3.17. The molecule has 2 bridgehead atoms. The molecule has 9 heteroatoms. The summed E-state index contributed by atoms with van der Waals surface area (Å²) in [6, 6.07) is 3.27. The van der Waals surface area contributed by atoms with Gasteiger partial charge in [-0.2, -0.15) is 0 Å². The molecule has 120 valence electrons. The van der Waals surface area contributed by atoms with Crippen LogP contribution in [0.3, 0.4) is 0 Å². The molecule has 0 aliphatic carbocycles. The van der Waals surface area contributed by atoms with Gasteiger partial charge in [-0.15, -0.1) is 0 Å². The highest BCUT2D eigenvalue weighted by atomic mass is 35.5. The van der Waals surface area contributed by atoms with Crippen molar-refractivity contribution in [2.75, 3.05) is 19.6 Å². The molecule has 3 fully saturated rings. The van der Waals surface area contributed by atoms with Gasteiger partial charge in [0, 0.05) is 24.7 Å². The van der Waals surface area contributed by atoms with Gasteiger partial charge in [0.2, 0.25) is 10.0 Å². The molecule has 3 aliphatic heterocycles. The second kappa shape index (κ2) is 5.77. The van der Waals surface area contributed by atoms with Crippen LogP contribution in [0.2, 0.25) is 5.02 Å². The minimum Gasteiger partial charge on any atom is -0.302 e. The number of non-ortho nitro benzene ring substituents is 1. The molecular formula is C13H16ClN3O4S. The first-order chi connectivity index (χ1) is 10.4. The Balaban J connectivity index is 1.87. The summed E-state index contributed by atoms with van der Waals surface area (Å²) in [5.41, 5.74) is -0.293. The van der Waals surface area contributed by atoms with Gasteiger partial charge in [-0.3, -0.25) is 10.1 Å². The molecule has 1 N–H and O–H groups in total. The molecule has 0 saturated carbocycles. The van der Waals surface area contributed by atoms with Crippen molar-refractivity contribution in [3.05, 3.63) is 33.3 Å². The zero-order valence-electron chi connectivity index (χ0n) is 11.7. The molecule has 0 aromatic heterocycles. The molecule has 22 heavy (non-hydrogen) atoms. The highest BCUT2D eigenvalue weighted by Crippen LogP contribution is 2.30. The zero-order valence-corrected chi connectivity index (χ0v) is 13.3. The summed E-state index contributed by atoms with van der Waals surface area (Å²) >= 11 is 5.93. The number of nitro groups is 1. The van der Waals surface area contributed by atoms with E-state index < -0.39 is 14.9 Å². The number of piperidine rings is 3. The van der Waals surface area contributed by atoms with Gasteiger partial charge < -0.3 is 4.90 Å². The number of benzene rings is 1. The van der Waals surface area contributed by atoms with E-state index >= 15 is 0 Å². The second-order valence-corrected chi connectivity index (χ2v) is 7.83. The van der Waals surface area contributed by atoms with Gasteiger partial charge >= 0.3 is 0 Å². The number of nitrogens with one attached hydrogen (secondary N) is 1. The Morgan fingerprint density at radius 1 is 1.32 bits per heavy atom. The molecule has 0 radical (unpaired) electrons. The van der Waals surface area contributed by atoms with E-state index in [1.807, 2.05) is 0 Å². The number of rotatable bonds is 4. The lowest BCUT2D eigenvalue weighted by Crippen LogP contribution is -2.57. The van der Waals surface area contributed by atoms with E-state index in [-0.39, 0.29) is 21.6 Å². The van der Waals surface area contributed by atoms with E-state index in [1.54, 1.807) is 0 Å². The summed E-state index contributed by atoms with van der Waals surface area (Å²) in [6.07, 6.45) is 1.94. The van der Waals surface area contributed by atoms with Gasteiger partial charge in [-0.1, -0.05) is 11.6 Å². The Morgan fingerprint density at radius 2 is 2.00 bits per heavy atom. The van der Waals surface area contributed by atoms with Crippen molar-refractivity contribution in [1.29, 1.82) is 0 Å². The average Bonchev–Trinajstić information content (AvgIpc) is 2.48. The topological polar surface area (TPSA) is 92.5 Å². The van der Waals surface area contributed by atoms with Crippen molar-refractivity contribution in [1.82, 2.24) is 9.62 Å². The molecular weight excluding hydrogens is 330 g/mol. The first kappa shape index (κ1) is 15.7. The van der Waals surface area contributed by atoms with Crippen LogP contribution in [0.1, 0.15) is 12.8 Å². The van der Waals surface area contributed by atoms with Crippen LogP contribution in [0.15, 0.2) is 23.1 Å². The summed E-state index contributed by atoms with van der Waals surface area (Å²) in [6.45, 7) is 2.68. The number of hydrogen-bond donors (Lipinski definition) is 1. The lowest BCUT2D eigenvalue weighted by Gasteiger charge is -2.44. The highest BCUT2D eigenvalue weighted by molar-refractivity contribution is 7.89. The van der Waals surface area contributed by atoms with Crippen LogP contribution < -0.4 is 4.72 Å². The third-order valence-corrected chi connectivity index (χ3v) is 6.35. The van der Waals surface area contributed by atoms with E-state index in [0.29, 0.717) is 12.5 Å². The normalized spacial score (nSPS) is 27.8. The van der Waals surface area contributed by atoms with E-state index in [4.69, 9.17) is 11.6 Å². The first-order valence-electron chi connectivity index (χ1n) is 7.05. The van der Waals surface area contributed by atoms with Crippen molar-refractivity contribution in [2.24, 2.45) is 5.92 Å². The van der Waals surface area contributed by atoms with Crippen LogP contribution in [0.4, 0.5) is 5.69 Å². The molecule has 7 nitrogen and oxygen atoms in total. The summed E-state index contributed by atoms with van der Waals surface area (Å²) in [5.74, 6) is 0.317. The lowest BCUT2D eigenvalue weighted by atomic mass is 9.85. The molecule has 1 aromatic rings. The van der Waals surface area contributed by atoms with Gasteiger partial charge in [0.1, 0.15) is 4.90 Å². The molecule has 1 atom stereocenters. The number of sulfonamides is 1. The maximum atomic E-state index is 12.5. The zero-order chi connectivity index (χ0) is 15.9. The van der Waals surface area contributed by atoms with Crippen molar-refractivity contribution in [3.8, 4) is 0 Å². The minimum absolute atomic E-state index is 0.0145. The molecule has 3 heterocycles. The SMILES string of the molecule is O=[N+]([O-])c1ccc(Cl)c(S(=O)(=O)N[C@H]2CN3CCC2CC3)c1. The number of nitro benzene ring substituents is 1. The maximum absolute atomic E-state index is 12.5. The third-order valence-electron chi connectivity index (χ3n) is 4.38. The Hall–Kier alpha value is -1.22. The number of nitrogens with zero attached hydrogens (tertiary/aromatic N) is 2. The molecule has 0 spiro atoms. The second-order valence-electron chi connectivity index (χ2n) is 5.74. The molecule has 0 amide bonds. The van der Waals surface area contributed by atoms with Crippen molar-refractivity contribution in [3.63, 3.8) is 0 Å². The largest absolute Gasteiger partial charge is 0.302 e. The van der Waals surface area contributed by atoms with Crippen LogP contribution in [0.25, 0.3) is 0 Å². The Bertz CT molecular complexity index is 701. The number of hydrogen-bond acceptors (Lipinski definition) is 5. The average molecular weight is 346 g/mol. The molecule has 3 aliphatic rings.